The number of aryl methyl sites for hydroxylation is 1. The summed E-state index contributed by atoms with van der Waals surface area (Å²) in [7, 11) is 1.85. The topological polar surface area (TPSA) is 59.8 Å². The average molecular weight is 348 g/mol. The minimum atomic E-state index is -0.335. The Morgan fingerprint density at radius 3 is 2.92 bits per heavy atom. The SMILES string of the molecule is Cn1c(CCNC(=O)c2ccc3ncccc3c2)nc2c(F)cccc21. The monoisotopic (exact) mass is 348 g/mol. The molecule has 130 valence electrons. The number of nitrogens with one attached hydrogen (secondary N) is 1. The molecule has 0 bridgehead atoms. The van der Waals surface area contributed by atoms with Crippen LogP contribution < -0.4 is 5.32 Å². The molecule has 0 fully saturated rings. The molecule has 4 aromatic rings. The minimum absolute atomic E-state index is 0.152. The summed E-state index contributed by atoms with van der Waals surface area (Å²) < 4.78 is 15.7. The molecule has 0 radical (unpaired) electrons. The summed E-state index contributed by atoms with van der Waals surface area (Å²) in [4.78, 5) is 21.0. The lowest BCUT2D eigenvalue weighted by atomic mass is 10.1. The number of halogens is 1. The zero-order chi connectivity index (χ0) is 18.1. The Hall–Kier alpha value is -3.28. The predicted molar refractivity (Wildman–Crippen MR) is 98.5 cm³/mol. The van der Waals surface area contributed by atoms with Gasteiger partial charge < -0.3 is 9.88 Å². The molecule has 0 aliphatic rings. The largest absolute Gasteiger partial charge is 0.352 e. The fraction of sp³-hybridized carbons (Fsp3) is 0.150. The van der Waals surface area contributed by atoms with Gasteiger partial charge in [-0.1, -0.05) is 12.1 Å². The maximum absolute atomic E-state index is 13.8. The molecule has 26 heavy (non-hydrogen) atoms. The summed E-state index contributed by atoms with van der Waals surface area (Å²) in [5, 5.41) is 3.81. The van der Waals surface area contributed by atoms with Gasteiger partial charge in [0.25, 0.3) is 5.91 Å². The van der Waals surface area contributed by atoms with Crippen molar-refractivity contribution in [1.82, 2.24) is 19.9 Å². The van der Waals surface area contributed by atoms with Crippen LogP contribution in [0.4, 0.5) is 4.39 Å². The number of hydrogen-bond donors (Lipinski definition) is 1. The summed E-state index contributed by atoms with van der Waals surface area (Å²) in [6, 6.07) is 14.1. The maximum Gasteiger partial charge on any atom is 0.251 e. The molecule has 5 nitrogen and oxygen atoms in total. The summed E-state index contributed by atoms with van der Waals surface area (Å²) >= 11 is 0. The van der Waals surface area contributed by atoms with Gasteiger partial charge in [-0.05, 0) is 36.4 Å². The molecular weight excluding hydrogens is 331 g/mol. The van der Waals surface area contributed by atoms with E-state index in [9.17, 15) is 9.18 Å². The second-order valence-corrected chi connectivity index (χ2v) is 6.11. The lowest BCUT2D eigenvalue weighted by Crippen LogP contribution is -2.26. The third kappa shape index (κ3) is 2.90. The van der Waals surface area contributed by atoms with Crippen LogP contribution in [-0.4, -0.2) is 27.0 Å². The number of fused-ring (bicyclic) bond motifs is 2. The van der Waals surface area contributed by atoms with Gasteiger partial charge in [0.05, 0.1) is 11.0 Å². The zero-order valence-electron chi connectivity index (χ0n) is 14.2. The highest BCUT2D eigenvalue weighted by Crippen LogP contribution is 2.18. The fourth-order valence-corrected chi connectivity index (χ4v) is 3.06. The molecule has 1 amide bonds. The van der Waals surface area contributed by atoms with Gasteiger partial charge in [0, 0.05) is 37.2 Å². The third-order valence-electron chi connectivity index (χ3n) is 4.45. The van der Waals surface area contributed by atoms with E-state index < -0.39 is 0 Å². The molecule has 0 unspecified atom stereocenters. The van der Waals surface area contributed by atoms with Gasteiger partial charge in [0.15, 0.2) is 5.82 Å². The molecule has 4 rings (SSSR count). The molecule has 2 aromatic carbocycles. The molecule has 1 N–H and O–H groups in total. The van der Waals surface area contributed by atoms with Crippen molar-refractivity contribution in [3.8, 4) is 0 Å². The summed E-state index contributed by atoms with van der Waals surface area (Å²) in [5.41, 5.74) is 2.54. The van der Waals surface area contributed by atoms with Crippen molar-refractivity contribution >= 4 is 27.8 Å². The van der Waals surface area contributed by atoms with Crippen LogP contribution in [0.2, 0.25) is 0 Å². The highest BCUT2D eigenvalue weighted by atomic mass is 19.1. The van der Waals surface area contributed by atoms with Crippen molar-refractivity contribution in [2.75, 3.05) is 6.54 Å². The average Bonchev–Trinajstić information content (AvgIpc) is 2.99. The third-order valence-corrected chi connectivity index (χ3v) is 4.45. The first-order valence-corrected chi connectivity index (χ1v) is 8.36. The Labute approximate surface area is 149 Å². The number of carbonyl (C=O) groups is 1. The summed E-state index contributed by atoms with van der Waals surface area (Å²) in [6.07, 6.45) is 2.24. The van der Waals surface area contributed by atoms with Crippen molar-refractivity contribution in [2.45, 2.75) is 6.42 Å². The Bertz CT molecular complexity index is 1120. The van der Waals surface area contributed by atoms with Gasteiger partial charge in [-0.3, -0.25) is 9.78 Å². The van der Waals surface area contributed by atoms with Crippen LogP contribution in [0.25, 0.3) is 21.9 Å². The fourth-order valence-electron chi connectivity index (χ4n) is 3.06. The molecule has 0 spiro atoms. The van der Waals surface area contributed by atoms with Crippen LogP contribution in [0.3, 0.4) is 0 Å². The number of hydrogen-bond acceptors (Lipinski definition) is 3. The molecule has 0 saturated heterocycles. The standard InChI is InChI=1S/C20H17FN4O/c1-25-17-6-2-5-15(21)19(17)24-18(25)9-11-23-20(26)14-7-8-16-13(12-14)4-3-10-22-16/h2-8,10,12H,9,11H2,1H3,(H,23,26). The number of aromatic nitrogens is 3. The van der Waals surface area contributed by atoms with E-state index >= 15 is 0 Å². The molecular formula is C20H17FN4O. The first kappa shape index (κ1) is 16.2. The predicted octanol–water partition coefficient (Wildman–Crippen LogP) is 3.23. The van der Waals surface area contributed by atoms with Gasteiger partial charge in [0.2, 0.25) is 0 Å². The smallest absolute Gasteiger partial charge is 0.251 e. The molecule has 2 heterocycles. The second kappa shape index (κ2) is 6.55. The quantitative estimate of drug-likeness (QED) is 0.616. The Morgan fingerprint density at radius 2 is 2.08 bits per heavy atom. The Balaban J connectivity index is 1.46. The van der Waals surface area contributed by atoms with E-state index in [0.717, 1.165) is 22.2 Å². The summed E-state index contributed by atoms with van der Waals surface area (Å²) in [5.74, 6) is 0.243. The van der Waals surface area contributed by atoms with Crippen molar-refractivity contribution in [3.63, 3.8) is 0 Å². The Kier molecular flexibility index (Phi) is 4.08. The Morgan fingerprint density at radius 1 is 1.19 bits per heavy atom. The van der Waals surface area contributed by atoms with Crippen LogP contribution in [-0.2, 0) is 13.5 Å². The van der Waals surface area contributed by atoms with Gasteiger partial charge >= 0.3 is 0 Å². The number of benzene rings is 2. The van der Waals surface area contributed by atoms with Crippen molar-refractivity contribution in [1.29, 1.82) is 0 Å². The maximum atomic E-state index is 13.8. The number of pyridine rings is 1. The van der Waals surface area contributed by atoms with Crippen molar-refractivity contribution in [3.05, 3.63) is 71.9 Å². The van der Waals surface area contributed by atoms with E-state index in [1.54, 1.807) is 18.3 Å². The lowest BCUT2D eigenvalue weighted by molar-refractivity contribution is 0.0954. The molecule has 0 saturated carbocycles. The number of imidazole rings is 1. The van der Waals surface area contributed by atoms with E-state index in [2.05, 4.69) is 15.3 Å². The van der Waals surface area contributed by atoms with Gasteiger partial charge in [-0.25, -0.2) is 9.37 Å². The van der Waals surface area contributed by atoms with Crippen LogP contribution in [0.1, 0.15) is 16.2 Å². The second-order valence-electron chi connectivity index (χ2n) is 6.11. The summed E-state index contributed by atoms with van der Waals surface area (Å²) in [6.45, 7) is 0.419. The highest BCUT2D eigenvalue weighted by Gasteiger charge is 2.12. The first-order chi connectivity index (χ1) is 12.6. The number of nitrogens with zero attached hydrogens (tertiary/aromatic N) is 3. The zero-order valence-corrected chi connectivity index (χ0v) is 14.2. The molecule has 2 aromatic heterocycles. The van der Waals surface area contributed by atoms with E-state index in [1.165, 1.54) is 6.07 Å². The first-order valence-electron chi connectivity index (χ1n) is 8.36. The number of rotatable bonds is 4. The highest BCUT2D eigenvalue weighted by molar-refractivity contribution is 5.97. The number of para-hydroxylation sites is 1. The van der Waals surface area contributed by atoms with Crippen molar-refractivity contribution in [2.24, 2.45) is 7.05 Å². The van der Waals surface area contributed by atoms with Gasteiger partial charge in [-0.2, -0.15) is 0 Å². The molecule has 0 aliphatic carbocycles. The van der Waals surface area contributed by atoms with Crippen LogP contribution in [0.15, 0.2) is 54.7 Å². The van der Waals surface area contributed by atoms with Gasteiger partial charge in [0.1, 0.15) is 11.3 Å². The normalized spacial score (nSPS) is 11.2. The molecule has 0 aliphatic heterocycles. The van der Waals surface area contributed by atoms with E-state index in [-0.39, 0.29) is 11.7 Å². The van der Waals surface area contributed by atoms with Gasteiger partial charge in [-0.15, -0.1) is 0 Å². The molecule has 6 heteroatoms. The molecule has 0 atom stereocenters. The van der Waals surface area contributed by atoms with Crippen molar-refractivity contribution < 1.29 is 9.18 Å². The van der Waals surface area contributed by atoms with Crippen LogP contribution >= 0.6 is 0 Å². The van der Waals surface area contributed by atoms with E-state index in [4.69, 9.17) is 0 Å². The minimum Gasteiger partial charge on any atom is -0.352 e. The van der Waals surface area contributed by atoms with E-state index in [1.807, 2.05) is 41.9 Å². The van der Waals surface area contributed by atoms with E-state index in [0.29, 0.717) is 24.0 Å². The number of carbonyl (C=O) groups excluding carboxylic acids is 1. The lowest BCUT2D eigenvalue weighted by Gasteiger charge is -2.06. The number of amides is 1. The van der Waals surface area contributed by atoms with Crippen LogP contribution in [0, 0.1) is 5.82 Å². The van der Waals surface area contributed by atoms with Crippen LogP contribution in [0.5, 0.6) is 0 Å².